The van der Waals surface area contributed by atoms with Crippen LogP contribution in [0.5, 0.6) is 0 Å². The molecule has 6 aromatic rings. The van der Waals surface area contributed by atoms with E-state index in [1.807, 2.05) is 84.9 Å². The van der Waals surface area contributed by atoms with Gasteiger partial charge >= 0.3 is 24.1 Å². The van der Waals surface area contributed by atoms with E-state index in [0.717, 1.165) is 56.0 Å². The van der Waals surface area contributed by atoms with Gasteiger partial charge in [-0.1, -0.05) is 133 Å². The van der Waals surface area contributed by atoms with Crippen molar-refractivity contribution in [1.82, 2.24) is 10.6 Å². The number of methoxy groups -OCH3 is 2. The van der Waals surface area contributed by atoms with E-state index in [-0.39, 0.29) is 24.7 Å². The number of allylic oxidation sites excluding steroid dienone is 2. The van der Waals surface area contributed by atoms with E-state index in [9.17, 15) is 28.8 Å². The molecule has 0 aliphatic heterocycles. The standard InChI is InChI=1S/C57H50N2O12/c1-34(58-56(64)68-32-36-15-7-5-8-16-36)54(62)70-48(52-44-25-13-21-38-19-11-23-40(50(38)44)27-46(52)66-3)30-42(60)29-43(61)31-49(71-55(63)35(2)59-57(65)69-33-37-17-9-6-10-18-37)53-45-26-14-22-39-20-12-24-41(51(39)45)28-47(53)67-4/h5-28,30-31,34-35,52-53H,29,32-33H2,1-4H3,(H,58,64)(H,59,65)/b48-30+,49-31+/t34-,35-,52-,53-/m1/s1. The monoisotopic (exact) mass is 954 g/mol. The fourth-order valence-electron chi connectivity index (χ4n) is 8.59. The highest BCUT2D eigenvalue weighted by Gasteiger charge is 2.35. The van der Waals surface area contributed by atoms with Gasteiger partial charge in [-0.05, 0) is 80.9 Å². The predicted molar refractivity (Wildman–Crippen MR) is 265 cm³/mol. The van der Waals surface area contributed by atoms with E-state index < -0.39 is 66.0 Å². The summed E-state index contributed by atoms with van der Waals surface area (Å²) in [7, 11) is 2.91. The van der Waals surface area contributed by atoms with E-state index in [1.165, 1.54) is 28.1 Å². The summed E-state index contributed by atoms with van der Waals surface area (Å²) in [5, 5.41) is 8.39. The zero-order valence-corrected chi connectivity index (χ0v) is 39.3. The average molecular weight is 955 g/mol. The van der Waals surface area contributed by atoms with Crippen LogP contribution in [0, 0.1) is 0 Å². The molecule has 2 aliphatic rings. The molecule has 0 radical (unpaired) electrons. The van der Waals surface area contributed by atoms with Gasteiger partial charge in [0.2, 0.25) is 0 Å². The first kappa shape index (κ1) is 48.7. The molecule has 0 saturated heterocycles. The largest absolute Gasteiger partial charge is 0.500 e. The first-order valence-electron chi connectivity index (χ1n) is 22.8. The van der Waals surface area contributed by atoms with Crippen molar-refractivity contribution in [2.24, 2.45) is 0 Å². The quantitative estimate of drug-likeness (QED) is 0.0274. The Morgan fingerprint density at radius 2 is 0.887 bits per heavy atom. The Kier molecular flexibility index (Phi) is 15.2. The smallest absolute Gasteiger partial charge is 0.408 e. The number of carbonyl (C=O) groups is 6. The maximum atomic E-state index is 14.3. The Bertz CT molecular complexity index is 2940. The van der Waals surface area contributed by atoms with Gasteiger partial charge in [-0.15, -0.1) is 0 Å². The van der Waals surface area contributed by atoms with E-state index in [0.29, 0.717) is 22.6 Å². The molecular weight excluding hydrogens is 905 g/mol. The van der Waals surface area contributed by atoms with Crippen LogP contribution in [0.4, 0.5) is 9.59 Å². The molecule has 14 heteroatoms. The summed E-state index contributed by atoms with van der Waals surface area (Å²) in [5.74, 6) is -4.99. The zero-order chi connectivity index (χ0) is 50.0. The number of amides is 2. The summed E-state index contributed by atoms with van der Waals surface area (Å²) in [6, 6.07) is 38.1. The number of carbonyl (C=O) groups excluding carboxylic acids is 6. The number of rotatable bonds is 18. The molecule has 71 heavy (non-hydrogen) atoms. The third kappa shape index (κ3) is 11.4. The lowest BCUT2D eigenvalue weighted by atomic mass is 9.83. The van der Waals surface area contributed by atoms with Gasteiger partial charge in [-0.25, -0.2) is 19.2 Å². The predicted octanol–water partition coefficient (Wildman–Crippen LogP) is 9.87. The number of ketones is 2. The minimum absolute atomic E-state index is 0.0441. The lowest BCUT2D eigenvalue weighted by Crippen LogP contribution is -2.40. The highest BCUT2D eigenvalue weighted by molar-refractivity contribution is 6.09. The van der Waals surface area contributed by atoms with Crippen molar-refractivity contribution in [2.75, 3.05) is 14.2 Å². The molecule has 2 N–H and O–H groups in total. The maximum absolute atomic E-state index is 14.3. The molecule has 4 atom stereocenters. The Morgan fingerprint density at radius 3 is 1.27 bits per heavy atom. The summed E-state index contributed by atoms with van der Waals surface area (Å²) in [5.41, 5.74) is 4.46. The number of ether oxygens (including phenoxy) is 6. The normalized spacial score (nSPS) is 15.8. The third-order valence-corrected chi connectivity index (χ3v) is 12.0. The highest BCUT2D eigenvalue weighted by atomic mass is 16.6. The zero-order valence-electron chi connectivity index (χ0n) is 39.3. The molecule has 2 amide bonds. The number of nitrogens with one attached hydrogen (secondary N) is 2. The van der Waals surface area contributed by atoms with Gasteiger partial charge in [0.25, 0.3) is 0 Å². The SMILES string of the molecule is COC1=Cc2cccc3cccc(c23)[C@H]1/C(=C\C(=O)CC(=O)/C=C(/OC(=O)[C@@H](C)NC(=O)OCc1ccccc1)[C@H]1C(OC)=Cc2cccc3cccc1c23)OC(=O)[C@@H](C)NC(=O)OCc1ccccc1. The molecule has 0 spiro atoms. The van der Waals surface area contributed by atoms with Crippen molar-refractivity contribution in [3.63, 3.8) is 0 Å². The van der Waals surface area contributed by atoms with Crippen LogP contribution in [0.3, 0.4) is 0 Å². The van der Waals surface area contributed by atoms with Crippen LogP contribution in [-0.2, 0) is 60.8 Å². The molecule has 8 rings (SSSR count). The minimum Gasteiger partial charge on any atom is -0.500 e. The summed E-state index contributed by atoms with van der Waals surface area (Å²) < 4.78 is 34.4. The Morgan fingerprint density at radius 1 is 0.507 bits per heavy atom. The van der Waals surface area contributed by atoms with Crippen LogP contribution in [0.15, 0.2) is 169 Å². The van der Waals surface area contributed by atoms with Crippen LogP contribution < -0.4 is 10.6 Å². The molecular formula is C57H50N2O12. The van der Waals surface area contributed by atoms with Crippen LogP contribution in [0.2, 0.25) is 0 Å². The molecule has 0 aromatic heterocycles. The average Bonchev–Trinajstić information content (AvgIpc) is 3.37. The van der Waals surface area contributed by atoms with Gasteiger partial charge in [-0.2, -0.15) is 0 Å². The fourth-order valence-corrected chi connectivity index (χ4v) is 8.59. The van der Waals surface area contributed by atoms with Gasteiger partial charge in [0.1, 0.15) is 60.2 Å². The number of esters is 2. The van der Waals surface area contributed by atoms with E-state index in [4.69, 9.17) is 28.4 Å². The van der Waals surface area contributed by atoms with E-state index in [1.54, 1.807) is 60.7 Å². The van der Waals surface area contributed by atoms with Gasteiger partial charge < -0.3 is 39.1 Å². The lowest BCUT2D eigenvalue weighted by Gasteiger charge is -2.28. The molecule has 360 valence electrons. The molecule has 0 fully saturated rings. The molecule has 2 aliphatic carbocycles. The van der Waals surface area contributed by atoms with E-state index >= 15 is 0 Å². The number of alkyl carbamates (subject to hydrolysis) is 2. The van der Waals surface area contributed by atoms with Gasteiger partial charge in [-0.3, -0.25) is 9.59 Å². The maximum Gasteiger partial charge on any atom is 0.408 e. The second kappa shape index (κ2) is 22.1. The molecule has 0 saturated carbocycles. The molecule has 0 unspecified atom stereocenters. The van der Waals surface area contributed by atoms with E-state index in [2.05, 4.69) is 10.6 Å². The second-order valence-corrected chi connectivity index (χ2v) is 16.9. The van der Waals surface area contributed by atoms with Crippen molar-refractivity contribution >= 4 is 69.4 Å². The lowest BCUT2D eigenvalue weighted by molar-refractivity contribution is -0.142. The first-order chi connectivity index (χ1) is 34.4. The van der Waals surface area contributed by atoms with Crippen LogP contribution in [0.1, 0.15) is 65.5 Å². The Labute approximate surface area is 409 Å². The van der Waals surface area contributed by atoms with Gasteiger partial charge in [0, 0.05) is 12.2 Å². The van der Waals surface area contributed by atoms with Crippen molar-refractivity contribution < 1.29 is 57.2 Å². The van der Waals surface area contributed by atoms with Crippen molar-refractivity contribution in [2.45, 2.75) is 57.4 Å². The highest BCUT2D eigenvalue weighted by Crippen LogP contribution is 2.45. The first-order valence-corrected chi connectivity index (χ1v) is 22.8. The molecule has 0 heterocycles. The fraction of sp³-hybridized carbons (Fsp3) is 0.193. The van der Waals surface area contributed by atoms with Gasteiger partial charge in [0.15, 0.2) is 11.6 Å². The van der Waals surface area contributed by atoms with Gasteiger partial charge in [0.05, 0.1) is 20.6 Å². The van der Waals surface area contributed by atoms with Crippen LogP contribution >= 0.6 is 0 Å². The van der Waals surface area contributed by atoms with Crippen LogP contribution in [0.25, 0.3) is 33.7 Å². The minimum atomic E-state index is -1.25. The number of hydrogen-bond acceptors (Lipinski definition) is 12. The topological polar surface area (TPSA) is 182 Å². The molecule has 6 aromatic carbocycles. The molecule has 14 nitrogen and oxygen atoms in total. The summed E-state index contributed by atoms with van der Waals surface area (Å²) in [6.45, 7) is 2.72. The summed E-state index contributed by atoms with van der Waals surface area (Å²) >= 11 is 0. The third-order valence-electron chi connectivity index (χ3n) is 12.0. The summed E-state index contributed by atoms with van der Waals surface area (Å²) in [4.78, 5) is 81.9. The van der Waals surface area contributed by atoms with Crippen LogP contribution in [-0.4, -0.2) is 62.0 Å². The number of benzene rings is 6. The Balaban J connectivity index is 1.09. The second-order valence-electron chi connectivity index (χ2n) is 16.9. The van der Waals surface area contributed by atoms with Crippen molar-refractivity contribution in [3.8, 4) is 0 Å². The summed E-state index contributed by atoms with van der Waals surface area (Å²) in [6.07, 6.45) is 3.16. The van der Waals surface area contributed by atoms with Crippen molar-refractivity contribution in [1.29, 1.82) is 0 Å². The number of hydrogen-bond donors (Lipinski definition) is 2. The molecule has 0 bridgehead atoms. The van der Waals surface area contributed by atoms with Crippen molar-refractivity contribution in [3.05, 3.63) is 202 Å². The Hall–Kier alpha value is -8.78.